The molecule has 3 rings (SSSR count). The van der Waals surface area contributed by atoms with Gasteiger partial charge in [0, 0.05) is 29.6 Å². The van der Waals surface area contributed by atoms with Crippen LogP contribution in [-0.4, -0.2) is 47.4 Å². The molecule has 1 aliphatic rings. The molecule has 0 unspecified atom stereocenters. The fourth-order valence-corrected chi connectivity index (χ4v) is 2.60. The van der Waals surface area contributed by atoms with E-state index in [9.17, 15) is 14.4 Å². The van der Waals surface area contributed by atoms with Crippen LogP contribution >= 0.6 is 0 Å². The van der Waals surface area contributed by atoms with Gasteiger partial charge in [0.25, 0.3) is 11.8 Å². The van der Waals surface area contributed by atoms with Crippen LogP contribution in [0.3, 0.4) is 0 Å². The zero-order valence-corrected chi connectivity index (χ0v) is 14.0. The first kappa shape index (κ1) is 16.4. The Balaban J connectivity index is 0.00000176. The number of carbonyl (C=O) groups is 3. The molecule has 2 aromatic rings. The molecule has 1 heterocycles. The smallest absolute Gasteiger partial charge is 0.276 e. The SMILES string of the molecule is O=C1NC(=O)C(c2ccccc2)(c2ccccc2)C(=O)N1.[Na]. The van der Waals surface area contributed by atoms with Crippen molar-refractivity contribution in [2.75, 3.05) is 0 Å². The molecule has 22 heavy (non-hydrogen) atoms. The van der Waals surface area contributed by atoms with Gasteiger partial charge in [0.05, 0.1) is 0 Å². The second-order valence-electron chi connectivity index (χ2n) is 4.72. The van der Waals surface area contributed by atoms with Crippen molar-refractivity contribution < 1.29 is 14.4 Å². The number of hydrogen-bond acceptors (Lipinski definition) is 3. The van der Waals surface area contributed by atoms with Crippen LogP contribution in [0.5, 0.6) is 0 Å². The summed E-state index contributed by atoms with van der Waals surface area (Å²) in [7, 11) is 0. The number of urea groups is 1. The first-order valence-electron chi connectivity index (χ1n) is 6.43. The molecule has 0 aliphatic carbocycles. The molecule has 0 bridgehead atoms. The van der Waals surface area contributed by atoms with Gasteiger partial charge in [0.2, 0.25) is 0 Å². The Kier molecular flexibility index (Phi) is 4.81. The summed E-state index contributed by atoms with van der Waals surface area (Å²) < 4.78 is 0. The van der Waals surface area contributed by atoms with Crippen molar-refractivity contribution in [1.82, 2.24) is 10.6 Å². The molecule has 1 radical (unpaired) electrons. The number of benzene rings is 2. The molecule has 0 spiro atoms. The Labute approximate surface area is 149 Å². The van der Waals surface area contributed by atoms with Gasteiger partial charge in [-0.1, -0.05) is 60.7 Å². The molecule has 0 aromatic heterocycles. The van der Waals surface area contributed by atoms with Gasteiger partial charge in [-0.05, 0) is 11.1 Å². The molecule has 6 heteroatoms. The number of hydrogen-bond donors (Lipinski definition) is 2. The van der Waals surface area contributed by atoms with Gasteiger partial charge in [-0.3, -0.25) is 20.2 Å². The van der Waals surface area contributed by atoms with Crippen molar-refractivity contribution in [2.24, 2.45) is 0 Å². The summed E-state index contributed by atoms with van der Waals surface area (Å²) in [5, 5.41) is 4.38. The number of barbiturate groups is 1. The van der Waals surface area contributed by atoms with Gasteiger partial charge in [-0.2, -0.15) is 0 Å². The predicted molar refractivity (Wildman–Crippen MR) is 81.1 cm³/mol. The maximum atomic E-state index is 12.5. The van der Waals surface area contributed by atoms with Crippen LogP contribution in [0.1, 0.15) is 11.1 Å². The van der Waals surface area contributed by atoms with Gasteiger partial charge in [-0.15, -0.1) is 0 Å². The maximum absolute atomic E-state index is 12.5. The fraction of sp³-hybridized carbons (Fsp3) is 0.0625. The Hall–Kier alpha value is -1.95. The standard InChI is InChI=1S/C16H12N2O3.Na/c19-13-16(11-7-3-1-4-8-11,12-9-5-2-6-10-12)14(20)18-15(21)17-13;/h1-10H,(H2,17,18,19,20,21);. The van der Waals surface area contributed by atoms with Crippen LogP contribution < -0.4 is 10.6 Å². The quantitative estimate of drug-likeness (QED) is 0.641. The molecule has 0 atom stereocenters. The van der Waals surface area contributed by atoms with E-state index in [0.29, 0.717) is 11.1 Å². The maximum Gasteiger partial charge on any atom is 0.328 e. The van der Waals surface area contributed by atoms with Crippen molar-refractivity contribution in [2.45, 2.75) is 5.41 Å². The molecule has 105 valence electrons. The Morgan fingerprint density at radius 3 is 1.36 bits per heavy atom. The summed E-state index contributed by atoms with van der Waals surface area (Å²) in [4.78, 5) is 36.5. The van der Waals surface area contributed by atoms with Crippen molar-refractivity contribution in [1.29, 1.82) is 0 Å². The minimum absolute atomic E-state index is 0. The molecule has 4 amide bonds. The molecule has 5 nitrogen and oxygen atoms in total. The van der Waals surface area contributed by atoms with Gasteiger partial charge in [-0.25, -0.2) is 4.79 Å². The first-order valence-corrected chi connectivity index (χ1v) is 6.43. The van der Waals surface area contributed by atoms with Crippen molar-refractivity contribution in [3.05, 3.63) is 71.8 Å². The van der Waals surface area contributed by atoms with Crippen LogP contribution in [0, 0.1) is 0 Å². The molecular weight excluding hydrogens is 291 g/mol. The summed E-state index contributed by atoms with van der Waals surface area (Å²) in [6.07, 6.45) is 0. The van der Waals surface area contributed by atoms with E-state index in [1.54, 1.807) is 60.7 Å². The average Bonchev–Trinajstić information content (AvgIpc) is 2.49. The van der Waals surface area contributed by atoms with Gasteiger partial charge >= 0.3 is 6.03 Å². The molecule has 2 N–H and O–H groups in total. The van der Waals surface area contributed by atoms with Crippen LogP contribution in [-0.2, 0) is 15.0 Å². The van der Waals surface area contributed by atoms with E-state index >= 15 is 0 Å². The average molecular weight is 303 g/mol. The van der Waals surface area contributed by atoms with E-state index in [2.05, 4.69) is 10.6 Å². The third-order valence-electron chi connectivity index (χ3n) is 3.55. The fourth-order valence-electron chi connectivity index (χ4n) is 2.60. The van der Waals surface area contributed by atoms with E-state index in [1.165, 1.54) is 0 Å². The van der Waals surface area contributed by atoms with Gasteiger partial charge < -0.3 is 0 Å². The van der Waals surface area contributed by atoms with E-state index in [1.807, 2.05) is 0 Å². The summed E-state index contributed by atoms with van der Waals surface area (Å²) in [6.45, 7) is 0. The summed E-state index contributed by atoms with van der Waals surface area (Å²) >= 11 is 0. The van der Waals surface area contributed by atoms with Crippen molar-refractivity contribution >= 4 is 47.4 Å². The minimum Gasteiger partial charge on any atom is -0.276 e. The first-order chi connectivity index (χ1) is 10.2. The number of nitrogens with one attached hydrogen (secondary N) is 2. The summed E-state index contributed by atoms with van der Waals surface area (Å²) in [6, 6.07) is 16.6. The van der Waals surface area contributed by atoms with Crippen LogP contribution in [0.15, 0.2) is 60.7 Å². The Morgan fingerprint density at radius 1 is 0.636 bits per heavy atom. The largest absolute Gasteiger partial charge is 0.328 e. The van der Waals surface area contributed by atoms with Gasteiger partial charge in [0.15, 0.2) is 5.41 Å². The second-order valence-corrected chi connectivity index (χ2v) is 4.72. The third-order valence-corrected chi connectivity index (χ3v) is 3.55. The second kappa shape index (κ2) is 6.44. The molecule has 2 aromatic carbocycles. The summed E-state index contributed by atoms with van der Waals surface area (Å²) in [5.41, 5.74) is -0.534. The topological polar surface area (TPSA) is 75.3 Å². The molecule has 1 saturated heterocycles. The van der Waals surface area contributed by atoms with Crippen molar-refractivity contribution in [3.63, 3.8) is 0 Å². The number of amides is 4. The number of carbonyl (C=O) groups excluding carboxylic acids is 3. The number of rotatable bonds is 2. The minimum atomic E-state index is -1.56. The van der Waals surface area contributed by atoms with E-state index in [-0.39, 0.29) is 29.6 Å². The molecule has 0 saturated carbocycles. The van der Waals surface area contributed by atoms with E-state index in [4.69, 9.17) is 0 Å². The van der Waals surface area contributed by atoms with Crippen LogP contribution in [0.4, 0.5) is 4.79 Å². The van der Waals surface area contributed by atoms with E-state index in [0.717, 1.165) is 0 Å². The normalized spacial score (nSPS) is 16.3. The van der Waals surface area contributed by atoms with Crippen molar-refractivity contribution in [3.8, 4) is 0 Å². The summed E-state index contributed by atoms with van der Waals surface area (Å²) in [5.74, 6) is -1.29. The Bertz CT molecular complexity index is 655. The predicted octanol–water partition coefficient (Wildman–Crippen LogP) is 0.958. The molecule has 1 fully saturated rings. The monoisotopic (exact) mass is 303 g/mol. The van der Waals surface area contributed by atoms with E-state index < -0.39 is 23.3 Å². The molecule has 1 aliphatic heterocycles. The zero-order valence-electron chi connectivity index (χ0n) is 12.0. The zero-order chi connectivity index (χ0) is 14.9. The van der Waals surface area contributed by atoms with Crippen LogP contribution in [0.2, 0.25) is 0 Å². The number of imide groups is 2. The van der Waals surface area contributed by atoms with Gasteiger partial charge in [0.1, 0.15) is 0 Å². The van der Waals surface area contributed by atoms with Crippen LogP contribution in [0.25, 0.3) is 0 Å². The Morgan fingerprint density at radius 2 is 1.00 bits per heavy atom. The third kappa shape index (κ3) is 2.47. The molecular formula is C16H12N2NaO3.